The zero-order valence-corrected chi connectivity index (χ0v) is 19.6. The Morgan fingerprint density at radius 2 is 2.00 bits per heavy atom. The second kappa shape index (κ2) is 9.68. The van der Waals surface area contributed by atoms with Gasteiger partial charge in [0.2, 0.25) is 5.91 Å². The van der Waals surface area contributed by atoms with Crippen molar-refractivity contribution in [1.29, 1.82) is 0 Å². The molecule has 33 heavy (non-hydrogen) atoms. The van der Waals surface area contributed by atoms with Crippen molar-refractivity contribution < 1.29 is 9.59 Å². The first kappa shape index (κ1) is 22.9. The molecule has 3 aromatic rings. The lowest BCUT2D eigenvalue weighted by molar-refractivity contribution is -0.132. The van der Waals surface area contributed by atoms with Gasteiger partial charge in [0.15, 0.2) is 0 Å². The van der Waals surface area contributed by atoms with E-state index in [1.807, 2.05) is 23.1 Å². The summed E-state index contributed by atoms with van der Waals surface area (Å²) in [5.41, 5.74) is 8.42. The van der Waals surface area contributed by atoms with Crippen LogP contribution in [0, 0.1) is 6.92 Å². The zero-order chi connectivity index (χ0) is 23.5. The number of aromatic nitrogens is 4. The topological polar surface area (TPSA) is 107 Å². The van der Waals surface area contributed by atoms with E-state index in [0.717, 1.165) is 49.2 Å². The Morgan fingerprint density at radius 1 is 1.21 bits per heavy atom. The van der Waals surface area contributed by atoms with Crippen LogP contribution in [0.3, 0.4) is 0 Å². The Morgan fingerprint density at radius 3 is 2.73 bits per heavy atom. The van der Waals surface area contributed by atoms with E-state index in [0.29, 0.717) is 36.0 Å². The smallest absolute Gasteiger partial charge is 0.252 e. The first-order valence-electron chi connectivity index (χ1n) is 11.7. The number of primary amides is 1. The molecule has 2 amide bonds. The Balaban J connectivity index is 1.39. The van der Waals surface area contributed by atoms with Crippen molar-refractivity contribution in [3.05, 3.63) is 53.4 Å². The fourth-order valence-corrected chi connectivity index (χ4v) is 4.65. The molecule has 8 heteroatoms. The Hall–Kier alpha value is -3.29. The summed E-state index contributed by atoms with van der Waals surface area (Å²) in [6.45, 7) is 8.21. The number of carbonyl (C=O) groups excluding carboxylic acids is 2. The highest BCUT2D eigenvalue weighted by molar-refractivity contribution is 5.93. The molecular weight excluding hydrogens is 416 g/mol. The van der Waals surface area contributed by atoms with Gasteiger partial charge in [-0.1, -0.05) is 26.0 Å². The van der Waals surface area contributed by atoms with Crippen LogP contribution in [0.1, 0.15) is 79.1 Å². The van der Waals surface area contributed by atoms with Crippen LogP contribution in [-0.2, 0) is 11.3 Å². The molecular formula is C25H32N6O2. The molecule has 8 nitrogen and oxygen atoms in total. The Labute approximate surface area is 194 Å². The van der Waals surface area contributed by atoms with Crippen molar-refractivity contribution in [3.8, 4) is 0 Å². The van der Waals surface area contributed by atoms with Gasteiger partial charge in [-0.25, -0.2) is 15.0 Å². The van der Waals surface area contributed by atoms with Crippen LogP contribution in [-0.4, -0.2) is 49.3 Å². The van der Waals surface area contributed by atoms with E-state index in [2.05, 4.69) is 34.4 Å². The lowest BCUT2D eigenvalue weighted by Gasteiger charge is -2.32. The van der Waals surface area contributed by atoms with Crippen molar-refractivity contribution in [1.82, 2.24) is 24.4 Å². The third kappa shape index (κ3) is 4.89. The van der Waals surface area contributed by atoms with Gasteiger partial charge in [-0.3, -0.25) is 9.59 Å². The Bertz CT molecular complexity index is 1170. The first-order chi connectivity index (χ1) is 15.8. The van der Waals surface area contributed by atoms with Gasteiger partial charge in [-0.05, 0) is 38.3 Å². The van der Waals surface area contributed by atoms with Gasteiger partial charge >= 0.3 is 0 Å². The van der Waals surface area contributed by atoms with E-state index in [9.17, 15) is 9.59 Å². The van der Waals surface area contributed by atoms with Crippen LogP contribution in [0.2, 0.25) is 0 Å². The fourth-order valence-electron chi connectivity index (χ4n) is 4.65. The number of nitrogens with two attached hydrogens (primary N) is 1. The monoisotopic (exact) mass is 448 g/mol. The summed E-state index contributed by atoms with van der Waals surface area (Å²) in [5.74, 6) is 1.79. The average Bonchev–Trinajstić information content (AvgIpc) is 3.18. The zero-order valence-electron chi connectivity index (χ0n) is 19.6. The normalized spacial score (nSPS) is 16.5. The standard InChI is InChI=1S/C25H32N6O2/c1-16(2)25-29-20-9-4-5-10-21(20)31(25)13-7-11-22(32)30-12-6-8-18(15-30)24-27-14-19(23(26)33)17(3)28-24/h4-5,9-10,14,16,18H,6-8,11-13,15H2,1-3H3,(H2,26,33)/t18-/m1/s1. The van der Waals surface area contributed by atoms with Crippen LogP contribution < -0.4 is 5.73 Å². The summed E-state index contributed by atoms with van der Waals surface area (Å²) in [6.07, 6.45) is 4.61. The number of rotatable bonds is 7. The van der Waals surface area contributed by atoms with Crippen molar-refractivity contribution >= 4 is 22.8 Å². The maximum absolute atomic E-state index is 13.0. The summed E-state index contributed by atoms with van der Waals surface area (Å²) in [5, 5.41) is 0. The molecule has 1 aliphatic rings. The fraction of sp³-hybridized carbons (Fsp3) is 0.480. The maximum Gasteiger partial charge on any atom is 0.252 e. The number of hydrogen-bond donors (Lipinski definition) is 1. The molecule has 1 fully saturated rings. The van der Waals surface area contributed by atoms with E-state index in [-0.39, 0.29) is 11.8 Å². The minimum absolute atomic E-state index is 0.0773. The van der Waals surface area contributed by atoms with Crippen molar-refractivity contribution in [3.63, 3.8) is 0 Å². The van der Waals surface area contributed by atoms with Gasteiger partial charge in [0.1, 0.15) is 11.6 Å². The van der Waals surface area contributed by atoms with E-state index < -0.39 is 5.91 Å². The highest BCUT2D eigenvalue weighted by Gasteiger charge is 2.27. The van der Waals surface area contributed by atoms with Gasteiger partial charge in [0.25, 0.3) is 5.91 Å². The molecule has 0 unspecified atom stereocenters. The quantitative estimate of drug-likeness (QED) is 0.595. The van der Waals surface area contributed by atoms with Crippen LogP contribution in [0.4, 0.5) is 0 Å². The largest absolute Gasteiger partial charge is 0.365 e. The van der Waals surface area contributed by atoms with Crippen molar-refractivity contribution in [2.45, 2.75) is 64.8 Å². The SMILES string of the molecule is Cc1nc([C@@H]2CCCN(C(=O)CCCn3c(C(C)C)nc4ccccc43)C2)ncc1C(N)=O. The van der Waals surface area contributed by atoms with Gasteiger partial charge < -0.3 is 15.2 Å². The summed E-state index contributed by atoms with van der Waals surface area (Å²) in [4.78, 5) is 40.0. The number of amides is 2. The third-order valence-electron chi connectivity index (χ3n) is 6.38. The molecule has 0 radical (unpaired) electrons. The molecule has 4 rings (SSSR count). The second-order valence-electron chi connectivity index (χ2n) is 9.14. The summed E-state index contributed by atoms with van der Waals surface area (Å²) < 4.78 is 2.25. The van der Waals surface area contributed by atoms with Gasteiger partial charge in [-0.15, -0.1) is 0 Å². The van der Waals surface area contributed by atoms with Crippen LogP contribution in [0.5, 0.6) is 0 Å². The molecule has 0 bridgehead atoms. The molecule has 0 aliphatic carbocycles. The van der Waals surface area contributed by atoms with Gasteiger partial charge in [0, 0.05) is 44.1 Å². The molecule has 1 saturated heterocycles. The Kier molecular flexibility index (Phi) is 6.72. The second-order valence-corrected chi connectivity index (χ2v) is 9.14. The van der Waals surface area contributed by atoms with E-state index in [1.54, 1.807) is 6.92 Å². The van der Waals surface area contributed by atoms with Crippen molar-refractivity contribution in [2.75, 3.05) is 13.1 Å². The number of benzene rings is 1. The number of para-hydroxylation sites is 2. The number of carbonyl (C=O) groups is 2. The van der Waals surface area contributed by atoms with Crippen LogP contribution >= 0.6 is 0 Å². The molecule has 0 saturated carbocycles. The summed E-state index contributed by atoms with van der Waals surface area (Å²) >= 11 is 0. The lowest BCUT2D eigenvalue weighted by atomic mass is 9.96. The number of likely N-dealkylation sites (tertiary alicyclic amines) is 1. The molecule has 1 aliphatic heterocycles. The predicted molar refractivity (Wildman–Crippen MR) is 127 cm³/mol. The number of nitrogens with zero attached hydrogens (tertiary/aromatic N) is 5. The predicted octanol–water partition coefficient (Wildman–Crippen LogP) is 3.54. The maximum atomic E-state index is 13.0. The van der Waals surface area contributed by atoms with E-state index >= 15 is 0 Å². The van der Waals surface area contributed by atoms with Crippen molar-refractivity contribution in [2.24, 2.45) is 5.73 Å². The van der Waals surface area contributed by atoms with Gasteiger partial charge in [0.05, 0.1) is 22.3 Å². The van der Waals surface area contributed by atoms with E-state index in [4.69, 9.17) is 10.7 Å². The highest BCUT2D eigenvalue weighted by atomic mass is 16.2. The first-order valence-corrected chi connectivity index (χ1v) is 11.7. The lowest BCUT2D eigenvalue weighted by Crippen LogP contribution is -2.39. The van der Waals surface area contributed by atoms with Gasteiger partial charge in [-0.2, -0.15) is 0 Å². The third-order valence-corrected chi connectivity index (χ3v) is 6.38. The van der Waals surface area contributed by atoms with E-state index in [1.165, 1.54) is 6.20 Å². The number of hydrogen-bond acceptors (Lipinski definition) is 5. The van der Waals surface area contributed by atoms with Crippen LogP contribution in [0.25, 0.3) is 11.0 Å². The molecule has 3 heterocycles. The highest BCUT2D eigenvalue weighted by Crippen LogP contribution is 2.26. The summed E-state index contributed by atoms with van der Waals surface area (Å²) in [6, 6.07) is 8.17. The number of piperidine rings is 1. The number of fused-ring (bicyclic) bond motifs is 1. The van der Waals surface area contributed by atoms with Crippen LogP contribution in [0.15, 0.2) is 30.5 Å². The molecule has 1 aromatic carbocycles. The molecule has 2 N–H and O–H groups in total. The minimum Gasteiger partial charge on any atom is -0.365 e. The average molecular weight is 449 g/mol. The number of aryl methyl sites for hydroxylation is 2. The molecule has 0 spiro atoms. The number of imidazole rings is 1. The molecule has 2 aromatic heterocycles. The molecule has 174 valence electrons. The summed E-state index contributed by atoms with van der Waals surface area (Å²) in [7, 11) is 0. The minimum atomic E-state index is -0.522. The molecule has 1 atom stereocenters.